The maximum absolute atomic E-state index is 14.1. The number of carbonyl (C=O) groups is 3. The standard InChI is InChI=1S/C31H30N2O6S2/c1-18-19(2)38-31(37-18)23-17-41-29-25(32-24(34)15-20-13-14-40-16-20)28(35)33(29)26(23)30(36)39-27(21-9-5-3-6-10-21)22-11-7-4-8-12-22/h3-14,16-19,25-27,29,31H,15H2,1-2H3,(H,32,34)/t18?,19?,25?,26?,29-,31?/m1/s1. The van der Waals surface area contributed by atoms with Crippen LogP contribution in [-0.4, -0.2) is 58.6 Å². The van der Waals surface area contributed by atoms with E-state index in [0.717, 1.165) is 16.7 Å². The molecule has 0 bridgehead atoms. The van der Waals surface area contributed by atoms with Crippen LogP contribution in [0.25, 0.3) is 0 Å². The Balaban J connectivity index is 1.27. The Labute approximate surface area is 246 Å². The van der Waals surface area contributed by atoms with Gasteiger partial charge in [-0.25, -0.2) is 4.79 Å². The molecule has 2 saturated heterocycles. The van der Waals surface area contributed by atoms with Crippen LogP contribution in [0.2, 0.25) is 0 Å². The van der Waals surface area contributed by atoms with Crippen molar-refractivity contribution in [3.05, 3.63) is 105 Å². The lowest BCUT2D eigenvalue weighted by Gasteiger charge is -2.52. The minimum atomic E-state index is -1.06. The van der Waals surface area contributed by atoms with Gasteiger partial charge < -0.3 is 24.4 Å². The topological polar surface area (TPSA) is 94.2 Å². The minimum absolute atomic E-state index is 0.182. The maximum atomic E-state index is 14.1. The van der Waals surface area contributed by atoms with Gasteiger partial charge in [-0.05, 0) is 52.8 Å². The summed E-state index contributed by atoms with van der Waals surface area (Å²) < 4.78 is 18.3. The molecule has 212 valence electrons. The lowest BCUT2D eigenvalue weighted by molar-refractivity contribution is -0.167. The first-order valence-corrected chi connectivity index (χ1v) is 15.4. The van der Waals surface area contributed by atoms with Crippen molar-refractivity contribution in [3.8, 4) is 0 Å². The highest BCUT2D eigenvalue weighted by atomic mass is 32.2. The molecule has 5 atom stereocenters. The van der Waals surface area contributed by atoms with Crippen LogP contribution in [0.4, 0.5) is 0 Å². The summed E-state index contributed by atoms with van der Waals surface area (Å²) in [5.74, 6) is -1.17. The third-order valence-corrected chi connectivity index (χ3v) is 9.47. The number of nitrogens with one attached hydrogen (secondary N) is 1. The van der Waals surface area contributed by atoms with Crippen molar-refractivity contribution in [2.75, 3.05) is 0 Å². The van der Waals surface area contributed by atoms with Crippen molar-refractivity contribution >= 4 is 40.9 Å². The van der Waals surface area contributed by atoms with E-state index in [2.05, 4.69) is 5.32 Å². The summed E-state index contributed by atoms with van der Waals surface area (Å²) in [7, 11) is 0. The van der Waals surface area contributed by atoms with Crippen molar-refractivity contribution in [3.63, 3.8) is 0 Å². The van der Waals surface area contributed by atoms with Crippen LogP contribution >= 0.6 is 23.1 Å². The maximum Gasteiger partial charge on any atom is 0.334 e. The summed E-state index contributed by atoms with van der Waals surface area (Å²) >= 11 is 2.88. The molecule has 8 nitrogen and oxygen atoms in total. The zero-order valence-electron chi connectivity index (χ0n) is 22.5. The second-order valence-electron chi connectivity index (χ2n) is 10.3. The van der Waals surface area contributed by atoms with E-state index < -0.39 is 35.8 Å². The third-order valence-electron chi connectivity index (χ3n) is 7.55. The van der Waals surface area contributed by atoms with Crippen LogP contribution in [0.15, 0.2) is 88.5 Å². The molecule has 0 radical (unpaired) electrons. The molecule has 0 spiro atoms. The number of hydrogen-bond acceptors (Lipinski definition) is 8. The van der Waals surface area contributed by atoms with Gasteiger partial charge in [0.05, 0.1) is 18.6 Å². The van der Waals surface area contributed by atoms with E-state index in [9.17, 15) is 14.4 Å². The molecule has 3 aliphatic rings. The van der Waals surface area contributed by atoms with Crippen LogP contribution in [0.5, 0.6) is 0 Å². The number of benzene rings is 2. The van der Waals surface area contributed by atoms with Crippen LogP contribution in [0, 0.1) is 0 Å². The number of nitrogens with zero attached hydrogens (tertiary/aromatic N) is 1. The van der Waals surface area contributed by atoms with Gasteiger partial charge in [0.2, 0.25) is 11.8 Å². The first-order valence-electron chi connectivity index (χ1n) is 13.5. The molecule has 1 aromatic heterocycles. The first kappa shape index (κ1) is 27.7. The van der Waals surface area contributed by atoms with E-state index in [4.69, 9.17) is 14.2 Å². The van der Waals surface area contributed by atoms with Crippen molar-refractivity contribution in [1.29, 1.82) is 0 Å². The lowest BCUT2D eigenvalue weighted by Crippen LogP contribution is -2.74. The summed E-state index contributed by atoms with van der Waals surface area (Å²) in [5.41, 5.74) is 3.03. The van der Waals surface area contributed by atoms with Gasteiger partial charge in [0.15, 0.2) is 18.4 Å². The van der Waals surface area contributed by atoms with Gasteiger partial charge in [-0.3, -0.25) is 9.59 Å². The van der Waals surface area contributed by atoms with Gasteiger partial charge in [0.25, 0.3) is 0 Å². The normalized spacial score (nSPS) is 27.1. The number of carbonyl (C=O) groups excluding carboxylic acids is 3. The number of β-lactam (4-membered cyclic amide) rings is 1. The Morgan fingerprint density at radius 1 is 0.976 bits per heavy atom. The highest BCUT2D eigenvalue weighted by Gasteiger charge is 2.58. The predicted molar refractivity (Wildman–Crippen MR) is 156 cm³/mol. The van der Waals surface area contributed by atoms with E-state index in [1.807, 2.05) is 96.7 Å². The summed E-state index contributed by atoms with van der Waals surface area (Å²) in [5, 5.41) is 8.05. The number of thioether (sulfide) groups is 1. The molecule has 3 aliphatic heterocycles. The van der Waals surface area contributed by atoms with Crippen molar-refractivity contribution in [2.45, 2.75) is 62.3 Å². The number of thiophene rings is 1. The van der Waals surface area contributed by atoms with E-state index >= 15 is 0 Å². The second kappa shape index (κ2) is 11.8. The van der Waals surface area contributed by atoms with E-state index in [0.29, 0.717) is 5.57 Å². The summed E-state index contributed by atoms with van der Waals surface area (Å²) in [6.07, 6.45) is -1.65. The van der Waals surface area contributed by atoms with E-state index in [1.54, 1.807) is 0 Å². The van der Waals surface area contributed by atoms with Crippen LogP contribution < -0.4 is 5.32 Å². The fourth-order valence-corrected chi connectivity index (χ4v) is 7.12. The number of ether oxygens (including phenoxy) is 3. The minimum Gasteiger partial charge on any atom is -0.451 e. The van der Waals surface area contributed by atoms with Gasteiger partial charge in [0.1, 0.15) is 11.4 Å². The first-order chi connectivity index (χ1) is 19.9. The Kier molecular flexibility index (Phi) is 7.99. The van der Waals surface area contributed by atoms with Gasteiger partial charge in [-0.15, -0.1) is 11.8 Å². The Morgan fingerprint density at radius 2 is 1.61 bits per heavy atom. The van der Waals surface area contributed by atoms with Gasteiger partial charge in [-0.2, -0.15) is 11.3 Å². The summed E-state index contributed by atoms with van der Waals surface area (Å²) in [6, 6.07) is 19.1. The fraction of sp³-hybridized carbons (Fsp3) is 0.323. The lowest BCUT2D eigenvalue weighted by atomic mass is 9.96. The van der Waals surface area contributed by atoms with E-state index in [1.165, 1.54) is 28.0 Å². The monoisotopic (exact) mass is 590 g/mol. The summed E-state index contributed by atoms with van der Waals surface area (Å²) in [6.45, 7) is 3.82. The third kappa shape index (κ3) is 5.57. The Bertz CT molecular complexity index is 1380. The molecule has 4 heterocycles. The number of rotatable bonds is 8. The highest BCUT2D eigenvalue weighted by molar-refractivity contribution is 8.03. The number of hydrogen-bond donors (Lipinski definition) is 1. The molecule has 0 saturated carbocycles. The van der Waals surface area contributed by atoms with E-state index in [-0.39, 0.29) is 30.4 Å². The predicted octanol–water partition coefficient (Wildman–Crippen LogP) is 4.43. The summed E-state index contributed by atoms with van der Waals surface area (Å²) in [4.78, 5) is 41.9. The number of fused-ring (bicyclic) bond motifs is 1. The van der Waals surface area contributed by atoms with Crippen molar-refractivity contribution in [2.24, 2.45) is 0 Å². The average Bonchev–Trinajstić information content (AvgIpc) is 3.63. The molecule has 10 heteroatoms. The smallest absolute Gasteiger partial charge is 0.334 e. The Hall–Kier alpha value is -3.44. The quantitative estimate of drug-likeness (QED) is 0.307. The van der Waals surface area contributed by atoms with Crippen LogP contribution in [0.1, 0.15) is 36.6 Å². The molecule has 41 heavy (non-hydrogen) atoms. The van der Waals surface area contributed by atoms with Gasteiger partial charge in [-0.1, -0.05) is 60.7 Å². The zero-order valence-corrected chi connectivity index (χ0v) is 24.2. The van der Waals surface area contributed by atoms with Gasteiger partial charge >= 0.3 is 5.97 Å². The molecule has 1 N–H and O–H groups in total. The van der Waals surface area contributed by atoms with Crippen molar-refractivity contribution < 1.29 is 28.6 Å². The molecule has 4 unspecified atom stereocenters. The number of amides is 2. The molecular weight excluding hydrogens is 560 g/mol. The molecule has 0 aliphatic carbocycles. The molecule has 6 rings (SSSR count). The fourth-order valence-electron chi connectivity index (χ4n) is 5.21. The highest BCUT2D eigenvalue weighted by Crippen LogP contribution is 2.44. The SMILES string of the molecule is CC1OC(C2=CS[C@@H]3C(NC(=O)Cc4ccsc4)C(=O)N3C2C(=O)OC(c2ccccc2)c2ccccc2)OC1C. The van der Waals surface area contributed by atoms with Crippen LogP contribution in [-0.2, 0) is 35.0 Å². The second-order valence-corrected chi connectivity index (χ2v) is 12.1. The zero-order chi connectivity index (χ0) is 28.5. The molecule has 3 aromatic rings. The molecular formula is C31H30N2O6S2. The number of esters is 1. The largest absolute Gasteiger partial charge is 0.451 e. The van der Waals surface area contributed by atoms with Crippen molar-refractivity contribution in [1.82, 2.24) is 10.2 Å². The molecule has 2 amide bonds. The van der Waals surface area contributed by atoms with Gasteiger partial charge in [0, 0.05) is 5.57 Å². The molecule has 2 fully saturated rings. The molecule has 2 aromatic carbocycles. The van der Waals surface area contributed by atoms with Crippen LogP contribution in [0.3, 0.4) is 0 Å². The average molecular weight is 591 g/mol. The Morgan fingerprint density at radius 3 is 2.20 bits per heavy atom.